The fraction of sp³-hybridized carbons (Fsp3) is 0.364. The highest BCUT2D eigenvalue weighted by molar-refractivity contribution is 5.59. The minimum Gasteiger partial charge on any atom is -0.405 e. The Bertz CT molecular complexity index is 1040. The van der Waals surface area contributed by atoms with Gasteiger partial charge in [-0.05, 0) is 37.2 Å². The number of hydrogen-bond donors (Lipinski definition) is 0. The molecule has 164 valence electrons. The Morgan fingerprint density at radius 3 is 2.55 bits per heavy atom. The van der Waals surface area contributed by atoms with E-state index in [-0.39, 0.29) is 5.75 Å². The number of ether oxygens (including phenoxy) is 1. The number of benzene rings is 2. The molecule has 2 heterocycles. The van der Waals surface area contributed by atoms with Gasteiger partial charge in [-0.1, -0.05) is 29.5 Å². The van der Waals surface area contributed by atoms with Crippen molar-refractivity contribution in [2.45, 2.75) is 19.8 Å². The SMILES string of the molecule is Cc1ccc(-n2cc(-c3cccc(CN4CCN(C)CC4)c3)nn2)cc1OC(F)(F)F. The lowest BCUT2D eigenvalue weighted by atomic mass is 10.1. The highest BCUT2D eigenvalue weighted by atomic mass is 19.4. The molecular formula is C22H24F3N5O. The summed E-state index contributed by atoms with van der Waals surface area (Å²) in [5.41, 5.74) is 3.58. The van der Waals surface area contributed by atoms with E-state index in [0.29, 0.717) is 16.9 Å². The molecule has 1 aromatic heterocycles. The molecule has 0 bridgehead atoms. The van der Waals surface area contributed by atoms with E-state index < -0.39 is 6.36 Å². The predicted molar refractivity (Wildman–Crippen MR) is 111 cm³/mol. The molecule has 0 N–H and O–H groups in total. The van der Waals surface area contributed by atoms with Gasteiger partial charge in [0.05, 0.1) is 11.9 Å². The molecule has 1 saturated heterocycles. The van der Waals surface area contributed by atoms with Crippen molar-refractivity contribution in [1.29, 1.82) is 0 Å². The Hall–Kier alpha value is -2.91. The molecule has 31 heavy (non-hydrogen) atoms. The van der Waals surface area contributed by atoms with Crippen molar-refractivity contribution in [2.24, 2.45) is 0 Å². The Morgan fingerprint density at radius 2 is 1.81 bits per heavy atom. The van der Waals surface area contributed by atoms with Crippen LogP contribution in [-0.2, 0) is 6.54 Å². The average molecular weight is 431 g/mol. The minimum absolute atomic E-state index is 0.253. The zero-order valence-electron chi connectivity index (χ0n) is 17.4. The van der Waals surface area contributed by atoms with E-state index in [1.54, 1.807) is 25.3 Å². The van der Waals surface area contributed by atoms with Gasteiger partial charge in [0, 0.05) is 44.4 Å². The first-order chi connectivity index (χ1) is 14.8. The second-order valence-electron chi connectivity index (χ2n) is 7.83. The summed E-state index contributed by atoms with van der Waals surface area (Å²) in [7, 11) is 2.13. The van der Waals surface area contributed by atoms with Crippen LogP contribution in [0, 0.1) is 6.92 Å². The highest BCUT2D eigenvalue weighted by Crippen LogP contribution is 2.28. The van der Waals surface area contributed by atoms with Crippen LogP contribution in [0.5, 0.6) is 5.75 Å². The lowest BCUT2D eigenvalue weighted by Gasteiger charge is -2.32. The predicted octanol–water partition coefficient (Wildman–Crippen LogP) is 3.89. The zero-order chi connectivity index (χ0) is 22.0. The van der Waals surface area contributed by atoms with Crippen LogP contribution in [0.1, 0.15) is 11.1 Å². The maximum Gasteiger partial charge on any atom is 0.573 e. The monoisotopic (exact) mass is 431 g/mol. The van der Waals surface area contributed by atoms with Gasteiger partial charge < -0.3 is 9.64 Å². The van der Waals surface area contributed by atoms with E-state index >= 15 is 0 Å². The van der Waals surface area contributed by atoms with Gasteiger partial charge in [-0.2, -0.15) is 0 Å². The summed E-state index contributed by atoms with van der Waals surface area (Å²) in [5.74, 6) is -0.253. The third kappa shape index (κ3) is 5.42. The summed E-state index contributed by atoms with van der Waals surface area (Å²) in [6, 6.07) is 12.7. The summed E-state index contributed by atoms with van der Waals surface area (Å²) < 4.78 is 43.5. The molecule has 1 aliphatic rings. The third-order valence-corrected chi connectivity index (χ3v) is 5.38. The van der Waals surface area contributed by atoms with Gasteiger partial charge in [-0.25, -0.2) is 4.68 Å². The number of aryl methyl sites for hydroxylation is 1. The zero-order valence-corrected chi connectivity index (χ0v) is 17.4. The van der Waals surface area contributed by atoms with E-state index in [2.05, 4.69) is 44.0 Å². The number of halogens is 3. The number of likely N-dealkylation sites (N-methyl/N-ethyl adjacent to an activating group) is 1. The molecule has 3 aromatic rings. The first kappa shape index (κ1) is 21.3. The Kier molecular flexibility index (Phi) is 5.97. The fourth-order valence-electron chi connectivity index (χ4n) is 3.58. The molecule has 4 rings (SSSR count). The number of piperazine rings is 1. The van der Waals surface area contributed by atoms with E-state index in [1.807, 2.05) is 12.1 Å². The van der Waals surface area contributed by atoms with Gasteiger partial charge in [-0.3, -0.25) is 4.90 Å². The number of rotatable bonds is 5. The quantitative estimate of drug-likeness (QED) is 0.614. The van der Waals surface area contributed by atoms with Gasteiger partial charge in [0.1, 0.15) is 11.4 Å². The van der Waals surface area contributed by atoms with Crippen molar-refractivity contribution in [3.8, 4) is 22.7 Å². The van der Waals surface area contributed by atoms with E-state index in [1.165, 1.54) is 16.3 Å². The van der Waals surface area contributed by atoms with Crippen LogP contribution in [0.3, 0.4) is 0 Å². The summed E-state index contributed by atoms with van der Waals surface area (Å²) in [6.45, 7) is 6.62. The smallest absolute Gasteiger partial charge is 0.405 e. The van der Waals surface area contributed by atoms with Crippen LogP contribution in [-0.4, -0.2) is 64.4 Å². The van der Waals surface area contributed by atoms with Gasteiger partial charge in [0.2, 0.25) is 0 Å². The van der Waals surface area contributed by atoms with Crippen molar-refractivity contribution in [3.05, 3.63) is 59.8 Å². The standard InChI is InChI=1S/C22H24F3N5O/c1-16-6-7-19(13-21(16)31-22(23,24)25)30-15-20(26-27-30)18-5-3-4-17(12-18)14-29-10-8-28(2)9-11-29/h3-7,12-13,15H,8-11,14H2,1-2H3. The molecule has 0 unspecified atom stereocenters. The molecule has 1 fully saturated rings. The largest absolute Gasteiger partial charge is 0.573 e. The average Bonchev–Trinajstić information content (AvgIpc) is 3.21. The van der Waals surface area contributed by atoms with Gasteiger partial charge in [0.15, 0.2) is 0 Å². The summed E-state index contributed by atoms with van der Waals surface area (Å²) in [5, 5.41) is 8.31. The van der Waals surface area contributed by atoms with Crippen LogP contribution < -0.4 is 4.74 Å². The van der Waals surface area contributed by atoms with Crippen LogP contribution in [0.2, 0.25) is 0 Å². The van der Waals surface area contributed by atoms with Crippen molar-refractivity contribution in [3.63, 3.8) is 0 Å². The number of nitrogens with zero attached hydrogens (tertiary/aromatic N) is 5. The highest BCUT2D eigenvalue weighted by Gasteiger charge is 2.32. The van der Waals surface area contributed by atoms with Crippen LogP contribution in [0.15, 0.2) is 48.7 Å². The summed E-state index contributed by atoms with van der Waals surface area (Å²) >= 11 is 0. The van der Waals surface area contributed by atoms with Gasteiger partial charge in [-0.15, -0.1) is 18.3 Å². The maximum absolute atomic E-state index is 12.6. The molecular weight excluding hydrogens is 407 g/mol. The minimum atomic E-state index is -4.75. The van der Waals surface area contributed by atoms with Crippen molar-refractivity contribution in [2.75, 3.05) is 33.2 Å². The molecule has 2 aromatic carbocycles. The molecule has 0 radical (unpaired) electrons. The number of hydrogen-bond acceptors (Lipinski definition) is 5. The number of alkyl halides is 3. The number of aromatic nitrogens is 3. The van der Waals surface area contributed by atoms with Crippen molar-refractivity contribution < 1.29 is 17.9 Å². The lowest BCUT2D eigenvalue weighted by Crippen LogP contribution is -2.43. The van der Waals surface area contributed by atoms with E-state index in [9.17, 15) is 13.2 Å². The normalized spacial score (nSPS) is 15.9. The van der Waals surface area contributed by atoms with E-state index in [4.69, 9.17) is 0 Å². The molecule has 1 aliphatic heterocycles. The van der Waals surface area contributed by atoms with Crippen molar-refractivity contribution >= 4 is 0 Å². The Balaban J connectivity index is 1.52. The summed E-state index contributed by atoms with van der Waals surface area (Å²) in [6.07, 6.45) is -3.04. The topological polar surface area (TPSA) is 46.4 Å². The molecule has 0 saturated carbocycles. The van der Waals surface area contributed by atoms with Crippen LogP contribution in [0.4, 0.5) is 13.2 Å². The molecule has 6 nitrogen and oxygen atoms in total. The summed E-state index contributed by atoms with van der Waals surface area (Å²) in [4.78, 5) is 4.74. The third-order valence-electron chi connectivity index (χ3n) is 5.38. The Morgan fingerprint density at radius 1 is 1.03 bits per heavy atom. The Labute approximate surface area is 178 Å². The first-order valence-corrected chi connectivity index (χ1v) is 10.1. The van der Waals surface area contributed by atoms with Crippen LogP contribution in [0.25, 0.3) is 16.9 Å². The van der Waals surface area contributed by atoms with Gasteiger partial charge >= 0.3 is 6.36 Å². The molecule has 0 spiro atoms. The maximum atomic E-state index is 12.6. The van der Waals surface area contributed by atoms with Crippen LogP contribution >= 0.6 is 0 Å². The van der Waals surface area contributed by atoms with E-state index in [0.717, 1.165) is 38.3 Å². The first-order valence-electron chi connectivity index (χ1n) is 10.1. The van der Waals surface area contributed by atoms with Gasteiger partial charge in [0.25, 0.3) is 0 Å². The molecule has 0 atom stereocenters. The fourth-order valence-corrected chi connectivity index (χ4v) is 3.58. The second-order valence-corrected chi connectivity index (χ2v) is 7.83. The van der Waals surface area contributed by atoms with Crippen molar-refractivity contribution in [1.82, 2.24) is 24.8 Å². The molecule has 0 amide bonds. The second kappa shape index (κ2) is 8.68. The lowest BCUT2D eigenvalue weighted by molar-refractivity contribution is -0.274. The molecule has 9 heteroatoms. The molecule has 0 aliphatic carbocycles.